The predicted molar refractivity (Wildman–Crippen MR) is 99.1 cm³/mol. The smallest absolute Gasteiger partial charge is 0.249 e. The molecule has 1 aliphatic heterocycles. The van der Waals surface area contributed by atoms with Gasteiger partial charge < -0.3 is 16.0 Å². The monoisotopic (exact) mass is 337 g/mol. The molecule has 5 heteroatoms. The highest BCUT2D eigenvalue weighted by molar-refractivity contribution is 6.02. The van der Waals surface area contributed by atoms with E-state index in [1.54, 1.807) is 4.90 Å². The maximum atomic E-state index is 12.7. The topological polar surface area (TPSA) is 75.4 Å². The minimum absolute atomic E-state index is 0.0497. The zero-order valence-electron chi connectivity index (χ0n) is 14.3. The lowest BCUT2D eigenvalue weighted by Gasteiger charge is -2.21. The van der Waals surface area contributed by atoms with Crippen LogP contribution in [0.15, 0.2) is 54.6 Å². The van der Waals surface area contributed by atoms with Gasteiger partial charge in [-0.15, -0.1) is 0 Å². The van der Waals surface area contributed by atoms with E-state index in [9.17, 15) is 9.59 Å². The molecule has 1 heterocycles. The van der Waals surface area contributed by atoms with Gasteiger partial charge >= 0.3 is 0 Å². The van der Waals surface area contributed by atoms with Crippen molar-refractivity contribution in [1.82, 2.24) is 5.32 Å². The number of carbonyl (C=O) groups is 2. The largest absolute Gasteiger partial charge is 0.399 e. The van der Waals surface area contributed by atoms with Gasteiger partial charge in [-0.3, -0.25) is 9.59 Å². The molecule has 1 fully saturated rings. The van der Waals surface area contributed by atoms with Crippen molar-refractivity contribution in [2.75, 3.05) is 10.6 Å². The Labute approximate surface area is 147 Å². The van der Waals surface area contributed by atoms with Crippen LogP contribution in [0, 0.1) is 0 Å². The number of para-hydroxylation sites is 2. The molecule has 3 N–H and O–H groups in total. The molecular formula is C20H23N3O2. The number of hydrogen-bond donors (Lipinski definition) is 2. The van der Waals surface area contributed by atoms with Crippen molar-refractivity contribution in [3.63, 3.8) is 0 Å². The van der Waals surface area contributed by atoms with Gasteiger partial charge in [-0.25, -0.2) is 0 Å². The molecule has 0 radical (unpaired) electrons. The Bertz CT molecular complexity index is 761. The van der Waals surface area contributed by atoms with E-state index >= 15 is 0 Å². The quantitative estimate of drug-likeness (QED) is 0.823. The number of rotatable bonds is 5. The number of anilines is 2. The second-order valence-electron chi connectivity index (χ2n) is 6.45. The fourth-order valence-corrected chi connectivity index (χ4v) is 3.30. The maximum Gasteiger partial charge on any atom is 0.249 e. The number of nitrogens with one attached hydrogen (secondary N) is 1. The second kappa shape index (κ2) is 7.38. The number of carbonyl (C=O) groups excluding carboxylic acids is 2. The van der Waals surface area contributed by atoms with E-state index in [0.717, 1.165) is 11.3 Å². The van der Waals surface area contributed by atoms with Gasteiger partial charge in [0.05, 0.1) is 0 Å². The van der Waals surface area contributed by atoms with Crippen molar-refractivity contribution >= 4 is 23.2 Å². The van der Waals surface area contributed by atoms with Gasteiger partial charge in [-0.05, 0) is 43.5 Å². The lowest BCUT2D eigenvalue weighted by Crippen LogP contribution is -2.42. The van der Waals surface area contributed by atoms with E-state index in [-0.39, 0.29) is 17.9 Å². The highest BCUT2D eigenvalue weighted by atomic mass is 16.2. The Morgan fingerprint density at radius 2 is 1.84 bits per heavy atom. The lowest BCUT2D eigenvalue weighted by molar-refractivity contribution is -0.126. The molecule has 130 valence electrons. The number of nitrogens with two attached hydrogens (primary N) is 1. The second-order valence-corrected chi connectivity index (χ2v) is 6.45. The summed E-state index contributed by atoms with van der Waals surface area (Å²) in [5.41, 5.74) is 8.41. The van der Waals surface area contributed by atoms with Crippen LogP contribution in [-0.4, -0.2) is 23.9 Å². The van der Waals surface area contributed by atoms with Crippen LogP contribution in [0.25, 0.3) is 0 Å². The molecule has 2 amide bonds. The third-order valence-corrected chi connectivity index (χ3v) is 4.60. The summed E-state index contributed by atoms with van der Waals surface area (Å²) in [6, 6.07) is 16.7. The molecule has 25 heavy (non-hydrogen) atoms. The summed E-state index contributed by atoms with van der Waals surface area (Å²) < 4.78 is 0. The van der Waals surface area contributed by atoms with Gasteiger partial charge in [0, 0.05) is 23.8 Å². The summed E-state index contributed by atoms with van der Waals surface area (Å²) in [7, 11) is 0. The first-order valence-electron chi connectivity index (χ1n) is 8.57. The van der Waals surface area contributed by atoms with Crippen LogP contribution in [0.5, 0.6) is 0 Å². The summed E-state index contributed by atoms with van der Waals surface area (Å²) in [6.07, 6.45) is 1.50. The van der Waals surface area contributed by atoms with E-state index in [1.807, 2.05) is 61.5 Å². The molecule has 3 rings (SSSR count). The average molecular weight is 337 g/mol. The first kappa shape index (κ1) is 17.0. The van der Waals surface area contributed by atoms with Crippen LogP contribution in [0.4, 0.5) is 11.4 Å². The summed E-state index contributed by atoms with van der Waals surface area (Å²) in [5.74, 6) is -0.171. The van der Waals surface area contributed by atoms with E-state index in [4.69, 9.17) is 5.73 Å². The van der Waals surface area contributed by atoms with E-state index < -0.39 is 6.04 Å². The molecule has 2 atom stereocenters. The van der Waals surface area contributed by atoms with Gasteiger partial charge in [-0.1, -0.05) is 36.4 Å². The first-order valence-corrected chi connectivity index (χ1v) is 8.57. The van der Waals surface area contributed by atoms with Gasteiger partial charge in [0.2, 0.25) is 11.8 Å². The molecule has 5 nitrogen and oxygen atoms in total. The van der Waals surface area contributed by atoms with Crippen molar-refractivity contribution in [2.24, 2.45) is 0 Å². The molecule has 0 bridgehead atoms. The van der Waals surface area contributed by atoms with Crippen molar-refractivity contribution < 1.29 is 9.59 Å². The normalized spacial score (nSPS) is 19.9. The van der Waals surface area contributed by atoms with Crippen LogP contribution >= 0.6 is 0 Å². The molecule has 2 aromatic carbocycles. The van der Waals surface area contributed by atoms with Crippen molar-refractivity contribution in [2.45, 2.75) is 38.3 Å². The number of benzene rings is 2. The number of nitrogens with zero attached hydrogens (tertiary/aromatic N) is 1. The minimum Gasteiger partial charge on any atom is -0.399 e. The minimum atomic E-state index is -0.462. The molecule has 0 aliphatic carbocycles. The lowest BCUT2D eigenvalue weighted by atomic mass is 10.1. The van der Waals surface area contributed by atoms with E-state index in [1.165, 1.54) is 0 Å². The van der Waals surface area contributed by atoms with Crippen molar-refractivity contribution in [3.8, 4) is 0 Å². The summed E-state index contributed by atoms with van der Waals surface area (Å²) in [5, 5.41) is 2.88. The Morgan fingerprint density at radius 3 is 2.56 bits per heavy atom. The number of amides is 2. The molecule has 2 aromatic rings. The average Bonchev–Trinajstić information content (AvgIpc) is 2.88. The Morgan fingerprint density at radius 1 is 1.16 bits per heavy atom. The molecule has 0 aromatic heterocycles. The highest BCUT2D eigenvalue weighted by Crippen LogP contribution is 2.26. The standard InChI is InChI=1S/C20H23N3O2/c1-14-13-18(20(25)23(14)16-8-3-2-4-9-16)22-19(24)12-11-15-7-5-6-10-17(15)21/h2-10,14,18H,11-13,21H2,1H3,(H,22,24). The van der Waals surface area contributed by atoms with Gasteiger partial charge in [0.1, 0.15) is 6.04 Å². The summed E-state index contributed by atoms with van der Waals surface area (Å²) >= 11 is 0. The maximum absolute atomic E-state index is 12.7. The fraction of sp³-hybridized carbons (Fsp3) is 0.300. The molecule has 2 unspecified atom stereocenters. The van der Waals surface area contributed by atoms with Gasteiger partial charge in [0.25, 0.3) is 0 Å². The number of hydrogen-bond acceptors (Lipinski definition) is 3. The Hall–Kier alpha value is -2.82. The highest BCUT2D eigenvalue weighted by Gasteiger charge is 2.38. The molecule has 0 saturated carbocycles. The van der Waals surface area contributed by atoms with Crippen LogP contribution in [0.1, 0.15) is 25.3 Å². The zero-order chi connectivity index (χ0) is 17.8. The molecule has 0 spiro atoms. The Balaban J connectivity index is 1.59. The van der Waals surface area contributed by atoms with Crippen LogP contribution in [0.3, 0.4) is 0 Å². The van der Waals surface area contributed by atoms with Crippen LogP contribution < -0.4 is 16.0 Å². The molecular weight excluding hydrogens is 314 g/mol. The first-order chi connectivity index (χ1) is 12.1. The SMILES string of the molecule is CC1CC(NC(=O)CCc2ccccc2N)C(=O)N1c1ccccc1. The van der Waals surface area contributed by atoms with Crippen molar-refractivity contribution in [3.05, 3.63) is 60.2 Å². The molecule has 1 aliphatic rings. The molecule has 1 saturated heterocycles. The Kier molecular flexibility index (Phi) is 5.03. The van der Waals surface area contributed by atoms with E-state index in [0.29, 0.717) is 24.9 Å². The van der Waals surface area contributed by atoms with Crippen LogP contribution in [0.2, 0.25) is 0 Å². The third kappa shape index (κ3) is 3.82. The zero-order valence-corrected chi connectivity index (χ0v) is 14.3. The number of nitrogen functional groups attached to an aromatic ring is 1. The third-order valence-electron chi connectivity index (χ3n) is 4.60. The summed E-state index contributed by atoms with van der Waals surface area (Å²) in [6.45, 7) is 2.00. The van der Waals surface area contributed by atoms with Gasteiger partial charge in [0.15, 0.2) is 0 Å². The fourth-order valence-electron chi connectivity index (χ4n) is 3.30. The van der Waals surface area contributed by atoms with Crippen LogP contribution in [-0.2, 0) is 16.0 Å². The summed E-state index contributed by atoms with van der Waals surface area (Å²) in [4.78, 5) is 26.7. The predicted octanol–water partition coefficient (Wildman–Crippen LogP) is 2.51. The van der Waals surface area contributed by atoms with Crippen molar-refractivity contribution in [1.29, 1.82) is 0 Å². The van der Waals surface area contributed by atoms with Gasteiger partial charge in [-0.2, -0.15) is 0 Å². The number of aryl methyl sites for hydroxylation is 1. The van der Waals surface area contributed by atoms with E-state index in [2.05, 4.69) is 5.32 Å².